The first kappa shape index (κ1) is 64.4. The molecule has 3 heterocycles. The highest BCUT2D eigenvalue weighted by Crippen LogP contribution is 2.65. The second-order valence-electron chi connectivity index (χ2n) is 28.0. The van der Waals surface area contributed by atoms with Crippen molar-refractivity contribution >= 4 is 62.5 Å². The molecule has 0 unspecified atom stereocenters. The fourth-order valence-electron chi connectivity index (χ4n) is 19.3. The summed E-state index contributed by atoms with van der Waals surface area (Å²) in [6, 6.07) is 6.47. The molecule has 0 aromatic heterocycles. The smallest absolute Gasteiger partial charge is 0.353 e. The Morgan fingerprint density at radius 1 is 0.512 bits per heavy atom. The molecule has 1 aromatic rings. The van der Waals surface area contributed by atoms with Gasteiger partial charge in [0.2, 0.25) is 17.7 Å². The van der Waals surface area contributed by atoms with Crippen LogP contribution in [0.4, 0.5) is 0 Å². The molecule has 15 nitrogen and oxygen atoms in total. The van der Waals surface area contributed by atoms with E-state index in [1.807, 2.05) is 26.8 Å². The zero-order valence-corrected chi connectivity index (χ0v) is 49.2. The van der Waals surface area contributed by atoms with Gasteiger partial charge in [0.25, 0.3) is 0 Å². The number of nitrogens with zero attached hydrogens (tertiary/aromatic N) is 1. The second-order valence-corrected chi connectivity index (χ2v) is 29.5. The topological polar surface area (TPSA) is 228 Å². The standard InChI is InChI=1S/C26H32N2O5S.C20H27NO3.C19H23NO3.3CH4/c1-16-4-7-18(8-5-16)34(31,32)33-28-22-11-10-20-19-9-6-17-14-23(30)27-13-12-25(17,2)24(19)21(29)15-26(20,22)3;1-19-10-13(22)4-6-15(19)14-5-3-12-9-17(24)21-8-7-20(12,2)18(14)16(23)11-19;1-18-7-8-20-16(23)9-11(18)3-4-12-13-5-6-15(22)19(13,2)10-14(21)17(12)18;;;/h4-5,7-8,14,19-20,24H,6,9-13,15H2,1-3H3,(H,27,30);9,14-15,18H,3-8,10-11H2,1-2H3,(H,21,24);5-6,9,12-13,17H,3-4,7-8,10H2,1-2H3,(H,20,23);3*1H4/b28-22+;;;;;/t19-,20-,24+,25-,26-;14-,15-,18+,19-,20-;12-,13-,17+,18-,19-;;;/m000.../s1. The van der Waals surface area contributed by atoms with Gasteiger partial charge in [-0.15, -0.1) is 0 Å². The molecule has 1 aromatic carbocycles. The van der Waals surface area contributed by atoms with Gasteiger partial charge in [0.15, 0.2) is 5.78 Å². The number of carbonyl (C=O) groups excluding carboxylic acids is 8. The number of rotatable bonds is 3. The normalized spacial score (nSPS) is 40.2. The molecule has 13 rings (SSSR count). The number of carbonyl (C=O) groups is 8. The van der Waals surface area contributed by atoms with Gasteiger partial charge in [-0.05, 0) is 143 Å². The van der Waals surface area contributed by atoms with Crippen LogP contribution in [0.1, 0.15) is 179 Å². The summed E-state index contributed by atoms with van der Waals surface area (Å²) >= 11 is 0. The number of nitrogens with one attached hydrogen (secondary N) is 3. The summed E-state index contributed by atoms with van der Waals surface area (Å²) in [6.07, 6.45) is 21.6. The van der Waals surface area contributed by atoms with Gasteiger partial charge in [0, 0.05) is 115 Å². The van der Waals surface area contributed by atoms with Crippen molar-refractivity contribution in [3.8, 4) is 0 Å². The largest absolute Gasteiger partial charge is 0.358 e. The van der Waals surface area contributed by atoms with Crippen LogP contribution in [-0.2, 0) is 52.8 Å². The number of Topliss-reactive ketones (excluding diaryl/α,β-unsaturated/α-hetero) is 4. The molecule has 3 aliphatic heterocycles. The molecule has 0 bridgehead atoms. The number of fused-ring (bicyclic) bond motifs is 15. The van der Waals surface area contributed by atoms with Gasteiger partial charge in [0.05, 0.1) is 5.71 Å². The Morgan fingerprint density at radius 3 is 1.46 bits per heavy atom. The van der Waals surface area contributed by atoms with Crippen LogP contribution in [0.2, 0.25) is 0 Å². The van der Waals surface area contributed by atoms with E-state index in [0.29, 0.717) is 87.3 Å². The summed E-state index contributed by atoms with van der Waals surface area (Å²) < 4.78 is 30.5. The van der Waals surface area contributed by atoms with Gasteiger partial charge in [-0.1, -0.05) is 109 Å². The molecule has 8 saturated carbocycles. The lowest BCUT2D eigenvalue weighted by molar-refractivity contribution is -0.151. The third-order valence-corrected chi connectivity index (χ3v) is 24.6. The van der Waals surface area contributed by atoms with Gasteiger partial charge >= 0.3 is 10.1 Å². The molecular weight excluding hydrogens is 1080 g/mol. The van der Waals surface area contributed by atoms with Gasteiger partial charge in [-0.3, -0.25) is 42.6 Å². The van der Waals surface area contributed by atoms with E-state index >= 15 is 0 Å². The maximum absolute atomic E-state index is 13.7. The first-order valence-corrected chi connectivity index (χ1v) is 31.5. The van der Waals surface area contributed by atoms with Crippen molar-refractivity contribution in [1.82, 2.24) is 16.0 Å². The van der Waals surface area contributed by atoms with E-state index in [1.165, 1.54) is 17.7 Å². The zero-order valence-electron chi connectivity index (χ0n) is 48.4. The molecular formula is C68H94N4O11S. The summed E-state index contributed by atoms with van der Waals surface area (Å²) in [5.74, 6) is 2.59. The van der Waals surface area contributed by atoms with E-state index in [4.69, 9.17) is 4.28 Å². The molecule has 12 aliphatic rings. The number of ketones is 5. The van der Waals surface area contributed by atoms with Crippen molar-refractivity contribution in [2.24, 2.45) is 90.9 Å². The van der Waals surface area contributed by atoms with E-state index in [-0.39, 0.29) is 125 Å². The van der Waals surface area contributed by atoms with E-state index in [9.17, 15) is 46.8 Å². The Hall–Kier alpha value is -5.64. The highest BCUT2D eigenvalue weighted by molar-refractivity contribution is 7.86. The van der Waals surface area contributed by atoms with Crippen LogP contribution in [0.5, 0.6) is 0 Å². The summed E-state index contributed by atoms with van der Waals surface area (Å²) in [4.78, 5) is 100. The molecule has 16 heteroatoms. The molecule has 15 atom stereocenters. The maximum atomic E-state index is 13.7. The minimum absolute atomic E-state index is 0. The van der Waals surface area contributed by atoms with Gasteiger partial charge in [-0.25, -0.2) is 0 Å². The van der Waals surface area contributed by atoms with Crippen LogP contribution in [0.15, 0.2) is 81.4 Å². The van der Waals surface area contributed by atoms with Crippen LogP contribution in [-0.4, -0.2) is 80.4 Å². The molecule has 0 saturated heterocycles. The molecule has 3 amide bonds. The lowest BCUT2D eigenvalue weighted by Crippen LogP contribution is -2.56. The van der Waals surface area contributed by atoms with Crippen LogP contribution >= 0.6 is 0 Å². The third kappa shape index (κ3) is 10.7. The quantitative estimate of drug-likeness (QED) is 0.241. The Kier molecular flexibility index (Phi) is 17.8. The highest BCUT2D eigenvalue weighted by Gasteiger charge is 2.64. The van der Waals surface area contributed by atoms with Crippen LogP contribution in [0, 0.1) is 92.7 Å². The van der Waals surface area contributed by atoms with Crippen molar-refractivity contribution in [3.05, 3.63) is 76.9 Å². The molecule has 3 N–H and O–H groups in total. The van der Waals surface area contributed by atoms with E-state index in [1.54, 1.807) is 36.4 Å². The SMILES string of the molecule is C.C.C.C[C@@]12CC(=O)CC[C@H]1[C@@H]1CCC3=CC(=O)NCC[C@]3(C)[C@H]1C(=O)C2.C[C@]12CCNC(=O)C=C1CC[C@@H]1[C@@H]2C(=O)C[C@]2(C)C(=O)C=C[C@@H]12.Cc1ccc(S(=O)(=O)O/N=C2\CC[C@H]3[C@@H]4CCC5=CC(=O)NCC[C@]5(C)[C@H]4C(=O)C[C@]23C)cc1. The maximum Gasteiger partial charge on any atom is 0.358 e. The van der Waals surface area contributed by atoms with Crippen molar-refractivity contribution < 1.29 is 51.1 Å². The van der Waals surface area contributed by atoms with Crippen molar-refractivity contribution in [2.75, 3.05) is 19.6 Å². The first-order valence-electron chi connectivity index (χ1n) is 30.1. The van der Waals surface area contributed by atoms with E-state index in [0.717, 1.165) is 87.3 Å². The number of hydrogen-bond donors (Lipinski definition) is 3. The molecule has 9 aliphatic carbocycles. The lowest BCUT2D eigenvalue weighted by atomic mass is 9.45. The molecule has 8 fully saturated rings. The Bertz CT molecular complexity index is 3170. The number of aryl methyl sites for hydroxylation is 1. The number of allylic oxidation sites excluding steroid dienone is 5. The Labute approximate surface area is 499 Å². The number of amides is 3. The molecule has 0 radical (unpaired) electrons. The highest BCUT2D eigenvalue weighted by atomic mass is 32.2. The number of benzene rings is 1. The predicted octanol–water partition coefficient (Wildman–Crippen LogP) is 10.8. The van der Waals surface area contributed by atoms with Crippen LogP contribution in [0.3, 0.4) is 0 Å². The van der Waals surface area contributed by atoms with Crippen molar-refractivity contribution in [2.45, 2.75) is 185 Å². The second kappa shape index (κ2) is 23.2. The first-order chi connectivity index (χ1) is 38.2. The number of oxime groups is 1. The molecule has 458 valence electrons. The van der Waals surface area contributed by atoms with Crippen molar-refractivity contribution in [1.29, 1.82) is 0 Å². The third-order valence-electron chi connectivity index (χ3n) is 23.4. The number of hydrogen-bond acceptors (Lipinski definition) is 12. The fourth-order valence-corrected chi connectivity index (χ4v) is 20.1. The predicted molar refractivity (Wildman–Crippen MR) is 323 cm³/mol. The van der Waals surface area contributed by atoms with Gasteiger partial charge in [0.1, 0.15) is 28.0 Å². The van der Waals surface area contributed by atoms with Crippen LogP contribution < -0.4 is 16.0 Å². The Morgan fingerprint density at radius 2 is 0.952 bits per heavy atom. The van der Waals surface area contributed by atoms with Gasteiger partial charge < -0.3 is 16.0 Å². The monoisotopic (exact) mass is 1170 g/mol. The Balaban J connectivity index is 0.000000165. The minimum Gasteiger partial charge on any atom is -0.353 e. The summed E-state index contributed by atoms with van der Waals surface area (Å²) in [5.41, 5.74) is 3.09. The molecule has 0 spiro atoms. The lowest BCUT2D eigenvalue weighted by Gasteiger charge is -2.58. The summed E-state index contributed by atoms with van der Waals surface area (Å²) in [6.45, 7) is 16.4. The fraction of sp³-hybridized carbons (Fsp3) is 0.662. The minimum atomic E-state index is -4.02. The van der Waals surface area contributed by atoms with Crippen molar-refractivity contribution in [3.63, 3.8) is 0 Å². The average Bonchev–Trinajstić information content (AvgIpc) is 1.29. The molecule has 84 heavy (non-hydrogen) atoms. The van der Waals surface area contributed by atoms with E-state index in [2.05, 4.69) is 48.8 Å². The van der Waals surface area contributed by atoms with Gasteiger partial charge in [-0.2, -0.15) is 8.42 Å². The average molecular weight is 1180 g/mol. The van der Waals surface area contributed by atoms with Crippen LogP contribution in [0.25, 0.3) is 0 Å². The van der Waals surface area contributed by atoms with E-state index < -0.39 is 20.9 Å². The summed E-state index contributed by atoms with van der Waals surface area (Å²) in [5, 5.41) is 12.9. The zero-order chi connectivity index (χ0) is 57.8. The summed E-state index contributed by atoms with van der Waals surface area (Å²) in [7, 11) is -4.02.